The maximum absolute atomic E-state index is 16.2. The van der Waals surface area contributed by atoms with Gasteiger partial charge in [0.05, 0.1) is 44.1 Å². The van der Waals surface area contributed by atoms with E-state index in [0.717, 1.165) is 24.8 Å². The summed E-state index contributed by atoms with van der Waals surface area (Å²) in [5.74, 6) is 2.17. The fourth-order valence-electron chi connectivity index (χ4n) is 10.9. The van der Waals surface area contributed by atoms with Crippen molar-refractivity contribution in [2.75, 3.05) is 56.8 Å². The van der Waals surface area contributed by atoms with Gasteiger partial charge in [-0.3, -0.25) is 39.4 Å². The molecule has 18 heteroatoms. The first-order valence-electron chi connectivity index (χ1n) is 23.4. The number of rotatable bonds is 15. The van der Waals surface area contributed by atoms with Crippen LogP contribution >= 0.6 is 23.2 Å². The molecule has 4 aromatic carbocycles. The number of ether oxygens (including phenoxy) is 3. The second kappa shape index (κ2) is 21.0. The van der Waals surface area contributed by atoms with E-state index in [1.54, 1.807) is 66.7 Å². The lowest BCUT2D eigenvalue weighted by Crippen LogP contribution is -2.60. The van der Waals surface area contributed by atoms with Crippen molar-refractivity contribution >= 4 is 70.0 Å². The number of halogens is 3. The van der Waals surface area contributed by atoms with E-state index in [0.29, 0.717) is 77.9 Å². The zero-order chi connectivity index (χ0) is 49.0. The standard InChI is InChI=1S/C52H51Cl2FN6O9/c53-33-14-17-38-40(29-33)58-50(67)52(38)43(36-10-5-11-39(54)44(36)55)45(60-51(52)20-2-1-3-21-51)48(65)57-34-15-12-32(13-16-34)46(63)56-22-24-69-26-28-70-27-25-68-23-6-8-31-7-4-9-35-37(31)30-61(49(35)66)41-18-19-42(62)59-47(41)64/h4-5,7,9-17,29,41,43,45,60H,1-3,18-28,30H2,(H,56,63)(H,57,65)(H,58,67)(H,59,62,64)/t41?,43-,45+,52+/m0/s1. The summed E-state index contributed by atoms with van der Waals surface area (Å²) in [6.45, 7) is 2.10. The molecule has 70 heavy (non-hydrogen) atoms. The Kier molecular flexibility index (Phi) is 14.7. The van der Waals surface area contributed by atoms with E-state index in [9.17, 15) is 28.8 Å². The number of carbonyl (C=O) groups excluding carboxylic acids is 6. The van der Waals surface area contributed by atoms with Crippen LogP contribution in [0.1, 0.15) is 93.8 Å². The minimum atomic E-state index is -1.36. The van der Waals surface area contributed by atoms with E-state index in [1.165, 1.54) is 11.0 Å². The van der Waals surface area contributed by atoms with Gasteiger partial charge in [-0.05, 0) is 90.6 Å². The first-order chi connectivity index (χ1) is 33.9. The van der Waals surface area contributed by atoms with Gasteiger partial charge in [0.25, 0.3) is 11.8 Å². The molecule has 15 nitrogen and oxygen atoms in total. The number of hydrogen-bond donors (Lipinski definition) is 5. The van der Waals surface area contributed by atoms with Crippen molar-refractivity contribution in [1.82, 2.24) is 20.9 Å². The number of amides is 6. The Labute approximate surface area is 413 Å². The second-order valence-electron chi connectivity index (χ2n) is 18.0. The Morgan fingerprint density at radius 1 is 0.857 bits per heavy atom. The average Bonchev–Trinajstić information content (AvgIpc) is 3.95. The molecule has 4 atom stereocenters. The van der Waals surface area contributed by atoms with Crippen LogP contribution in [0.5, 0.6) is 0 Å². The van der Waals surface area contributed by atoms with Gasteiger partial charge in [0, 0.05) is 64.1 Å². The zero-order valence-electron chi connectivity index (χ0n) is 38.1. The number of benzene rings is 4. The molecule has 5 aliphatic rings. The van der Waals surface area contributed by atoms with Crippen LogP contribution in [0.3, 0.4) is 0 Å². The van der Waals surface area contributed by atoms with Crippen LogP contribution in [-0.2, 0) is 45.3 Å². The van der Waals surface area contributed by atoms with Gasteiger partial charge < -0.3 is 35.1 Å². The summed E-state index contributed by atoms with van der Waals surface area (Å²) in [4.78, 5) is 80.6. The summed E-state index contributed by atoms with van der Waals surface area (Å²) < 4.78 is 33.0. The number of nitrogens with one attached hydrogen (secondary N) is 5. The predicted octanol–water partition coefficient (Wildman–Crippen LogP) is 6.01. The Balaban J connectivity index is 0.717. The molecule has 3 fully saturated rings. The van der Waals surface area contributed by atoms with Crippen molar-refractivity contribution < 1.29 is 47.4 Å². The van der Waals surface area contributed by atoms with Crippen molar-refractivity contribution in [2.24, 2.45) is 0 Å². The summed E-state index contributed by atoms with van der Waals surface area (Å²) in [6, 6.07) is 19.8. The van der Waals surface area contributed by atoms with Crippen LogP contribution in [0.15, 0.2) is 78.9 Å². The van der Waals surface area contributed by atoms with Gasteiger partial charge in [-0.25, -0.2) is 4.39 Å². The Bertz CT molecular complexity index is 2790. The molecule has 9 rings (SSSR count). The van der Waals surface area contributed by atoms with E-state index in [4.69, 9.17) is 37.4 Å². The summed E-state index contributed by atoms with van der Waals surface area (Å²) in [5, 5.41) is 15.1. The number of carbonyl (C=O) groups is 6. The summed E-state index contributed by atoms with van der Waals surface area (Å²) in [6.07, 6.45) is 4.24. The van der Waals surface area contributed by atoms with Gasteiger partial charge in [0.2, 0.25) is 23.6 Å². The molecule has 0 bridgehead atoms. The fourth-order valence-corrected chi connectivity index (χ4v) is 11.2. The number of imide groups is 1. The number of anilines is 2. The highest BCUT2D eigenvalue weighted by Crippen LogP contribution is 2.63. The van der Waals surface area contributed by atoms with E-state index >= 15 is 4.39 Å². The third-order valence-electron chi connectivity index (χ3n) is 14.0. The largest absolute Gasteiger partial charge is 0.377 e. The molecule has 1 saturated carbocycles. The lowest BCUT2D eigenvalue weighted by atomic mass is 9.55. The van der Waals surface area contributed by atoms with Crippen molar-refractivity contribution in [3.63, 3.8) is 0 Å². The topological polar surface area (TPSA) is 193 Å². The van der Waals surface area contributed by atoms with Crippen LogP contribution < -0.4 is 26.6 Å². The SMILES string of the molecule is O=C1CCC(N2Cc3c(C#CCOCCOCCOCCNC(=O)c4ccc(NC(=O)[C@@H]5NC6(CCCCC6)[C@@]6(C(=O)Nc7cc(Cl)ccc76)[C@H]5c5cccc(Cl)c5F)cc4)cccc3C2=O)C(=O)N1. The first-order valence-corrected chi connectivity index (χ1v) is 24.2. The van der Waals surface area contributed by atoms with E-state index < -0.39 is 46.6 Å². The molecule has 2 spiro atoms. The molecule has 4 heterocycles. The van der Waals surface area contributed by atoms with Crippen molar-refractivity contribution in [3.05, 3.63) is 128 Å². The number of piperidine rings is 1. The minimum Gasteiger partial charge on any atom is -0.377 e. The van der Waals surface area contributed by atoms with Crippen molar-refractivity contribution in [3.8, 4) is 11.8 Å². The summed E-state index contributed by atoms with van der Waals surface area (Å²) >= 11 is 12.8. The van der Waals surface area contributed by atoms with Crippen LogP contribution in [0.4, 0.5) is 15.8 Å². The summed E-state index contributed by atoms with van der Waals surface area (Å²) in [5.41, 5.74) is 1.80. The highest BCUT2D eigenvalue weighted by Gasteiger charge is 2.72. The van der Waals surface area contributed by atoms with Crippen molar-refractivity contribution in [1.29, 1.82) is 0 Å². The number of fused-ring (bicyclic) bond motifs is 4. The monoisotopic (exact) mass is 992 g/mol. The van der Waals surface area contributed by atoms with Gasteiger partial charge in [-0.1, -0.05) is 78.6 Å². The van der Waals surface area contributed by atoms with E-state index in [2.05, 4.69) is 38.4 Å². The quantitative estimate of drug-likeness (QED) is 0.0535. The number of nitrogens with zero attached hydrogens (tertiary/aromatic N) is 1. The third-order valence-corrected chi connectivity index (χ3v) is 14.5. The van der Waals surface area contributed by atoms with Gasteiger partial charge in [0.15, 0.2) is 0 Å². The molecule has 6 amide bonds. The van der Waals surface area contributed by atoms with Crippen LogP contribution in [-0.4, -0.2) is 104 Å². The van der Waals surface area contributed by atoms with Crippen LogP contribution in [0.2, 0.25) is 10.0 Å². The Morgan fingerprint density at radius 2 is 1.60 bits per heavy atom. The van der Waals surface area contributed by atoms with Crippen LogP contribution in [0.25, 0.3) is 0 Å². The maximum Gasteiger partial charge on any atom is 0.255 e. The normalized spacial score (nSPS) is 22.0. The van der Waals surface area contributed by atoms with E-state index in [1.807, 2.05) is 6.07 Å². The number of hydrogen-bond acceptors (Lipinski definition) is 10. The van der Waals surface area contributed by atoms with Gasteiger partial charge >= 0.3 is 0 Å². The van der Waals surface area contributed by atoms with Gasteiger partial charge in [-0.15, -0.1) is 0 Å². The maximum atomic E-state index is 16.2. The Hall–Kier alpha value is -6.19. The lowest BCUT2D eigenvalue weighted by Gasteiger charge is -2.47. The minimum absolute atomic E-state index is 0.113. The molecular formula is C52H51Cl2FN6O9. The first kappa shape index (κ1) is 48.8. The van der Waals surface area contributed by atoms with Gasteiger partial charge in [-0.2, -0.15) is 0 Å². The molecule has 5 N–H and O–H groups in total. The molecule has 2 saturated heterocycles. The smallest absolute Gasteiger partial charge is 0.255 e. The molecule has 1 unspecified atom stereocenters. The Morgan fingerprint density at radius 3 is 2.37 bits per heavy atom. The zero-order valence-corrected chi connectivity index (χ0v) is 39.6. The molecule has 0 radical (unpaired) electrons. The molecule has 0 aromatic heterocycles. The molecule has 1 aliphatic carbocycles. The third kappa shape index (κ3) is 9.41. The van der Waals surface area contributed by atoms with Crippen molar-refractivity contribution in [2.45, 2.75) is 80.4 Å². The average molecular weight is 994 g/mol. The van der Waals surface area contributed by atoms with Gasteiger partial charge in [0.1, 0.15) is 23.9 Å². The highest BCUT2D eigenvalue weighted by atomic mass is 35.5. The molecule has 364 valence electrons. The van der Waals surface area contributed by atoms with Crippen LogP contribution in [0, 0.1) is 17.7 Å². The molecule has 4 aliphatic heterocycles. The fraction of sp³-hybridized carbons (Fsp3) is 0.385. The predicted molar refractivity (Wildman–Crippen MR) is 258 cm³/mol. The second-order valence-corrected chi connectivity index (χ2v) is 18.8. The summed E-state index contributed by atoms with van der Waals surface area (Å²) in [7, 11) is 0. The van der Waals surface area contributed by atoms with E-state index in [-0.39, 0.29) is 73.4 Å². The lowest BCUT2D eigenvalue weighted by molar-refractivity contribution is -0.137. The molecular weight excluding hydrogens is 943 g/mol. The molecule has 4 aromatic rings. The highest BCUT2D eigenvalue weighted by molar-refractivity contribution is 6.31.